The first-order valence-corrected chi connectivity index (χ1v) is 4.10. The van der Waals surface area contributed by atoms with Crippen molar-refractivity contribution in [1.82, 2.24) is 0 Å². The Morgan fingerprint density at radius 1 is 1.30 bits per heavy atom. The summed E-state index contributed by atoms with van der Waals surface area (Å²) in [7, 11) is 0. The van der Waals surface area contributed by atoms with Crippen molar-refractivity contribution in [2.75, 3.05) is 6.54 Å². The third-order valence-electron chi connectivity index (χ3n) is 2.00. The molecule has 0 rings (SSSR count). The number of halogens is 1. The minimum Gasteiger partial charge on any atom is -0.330 e. The van der Waals surface area contributed by atoms with Crippen LogP contribution in [0, 0.1) is 5.92 Å². The van der Waals surface area contributed by atoms with E-state index in [9.17, 15) is 4.39 Å². The van der Waals surface area contributed by atoms with Gasteiger partial charge >= 0.3 is 0 Å². The molecule has 0 saturated carbocycles. The van der Waals surface area contributed by atoms with Gasteiger partial charge in [0.2, 0.25) is 0 Å². The number of nitrogens with two attached hydrogens (primary N) is 1. The molecule has 10 heavy (non-hydrogen) atoms. The summed E-state index contributed by atoms with van der Waals surface area (Å²) in [5, 5.41) is 0. The highest BCUT2D eigenvalue weighted by atomic mass is 19.1. The van der Waals surface area contributed by atoms with Gasteiger partial charge in [-0.3, -0.25) is 0 Å². The number of alkyl halides is 1. The molecule has 0 aliphatic rings. The summed E-state index contributed by atoms with van der Waals surface area (Å²) in [6, 6.07) is 0. The predicted octanol–water partition coefficient (Wildman–Crippen LogP) is 2.11. The van der Waals surface area contributed by atoms with Crippen molar-refractivity contribution in [3.8, 4) is 0 Å². The lowest BCUT2D eigenvalue weighted by Gasteiger charge is -2.16. The molecule has 0 amide bonds. The van der Waals surface area contributed by atoms with Crippen LogP contribution >= 0.6 is 0 Å². The third-order valence-corrected chi connectivity index (χ3v) is 2.00. The average Bonchev–Trinajstić information content (AvgIpc) is 1.91. The summed E-state index contributed by atoms with van der Waals surface area (Å²) in [4.78, 5) is 0. The monoisotopic (exact) mass is 147 g/mol. The zero-order valence-corrected chi connectivity index (χ0v) is 6.94. The van der Waals surface area contributed by atoms with Gasteiger partial charge in [0.05, 0.1) is 0 Å². The molecule has 1 unspecified atom stereocenters. The van der Waals surface area contributed by atoms with E-state index in [-0.39, 0.29) is 5.92 Å². The molecule has 0 aromatic rings. The smallest absolute Gasteiger partial charge is 0.104 e. The molecular weight excluding hydrogens is 129 g/mol. The lowest BCUT2D eigenvalue weighted by Crippen LogP contribution is -2.18. The van der Waals surface area contributed by atoms with E-state index in [2.05, 4.69) is 0 Å². The van der Waals surface area contributed by atoms with Gasteiger partial charge in [0.15, 0.2) is 0 Å². The fraction of sp³-hybridized carbons (Fsp3) is 1.00. The largest absolute Gasteiger partial charge is 0.330 e. The van der Waals surface area contributed by atoms with Gasteiger partial charge in [-0.15, -0.1) is 0 Å². The molecule has 0 aromatic heterocycles. The van der Waals surface area contributed by atoms with Crippen molar-refractivity contribution < 1.29 is 4.39 Å². The van der Waals surface area contributed by atoms with E-state index in [1.165, 1.54) is 0 Å². The number of hydrogen-bond donors (Lipinski definition) is 1. The third kappa shape index (κ3) is 3.16. The quantitative estimate of drug-likeness (QED) is 0.633. The molecule has 0 radical (unpaired) electrons. The molecule has 2 heteroatoms. The second-order valence-electron chi connectivity index (χ2n) is 2.67. The Balaban J connectivity index is 3.53. The first-order chi connectivity index (χ1) is 4.76. The summed E-state index contributed by atoms with van der Waals surface area (Å²) >= 11 is 0. The lowest BCUT2D eigenvalue weighted by molar-refractivity contribution is 0.206. The second kappa shape index (κ2) is 5.66. The van der Waals surface area contributed by atoms with Crippen molar-refractivity contribution in [2.24, 2.45) is 11.7 Å². The van der Waals surface area contributed by atoms with E-state index in [4.69, 9.17) is 5.73 Å². The Morgan fingerprint density at radius 3 is 2.10 bits per heavy atom. The van der Waals surface area contributed by atoms with Gasteiger partial charge in [0, 0.05) is 0 Å². The molecule has 0 saturated heterocycles. The van der Waals surface area contributed by atoms with Crippen LogP contribution in [0.2, 0.25) is 0 Å². The van der Waals surface area contributed by atoms with Crippen LogP contribution < -0.4 is 5.73 Å². The van der Waals surface area contributed by atoms with Crippen molar-refractivity contribution in [2.45, 2.75) is 39.3 Å². The highest BCUT2D eigenvalue weighted by molar-refractivity contribution is 4.66. The molecule has 0 aliphatic heterocycles. The summed E-state index contributed by atoms with van der Waals surface area (Å²) < 4.78 is 13.0. The number of rotatable bonds is 5. The average molecular weight is 147 g/mol. The van der Waals surface area contributed by atoms with Gasteiger partial charge < -0.3 is 5.73 Å². The summed E-state index contributed by atoms with van der Waals surface area (Å²) in [5.41, 5.74) is 5.24. The first-order valence-electron chi connectivity index (χ1n) is 4.10. The molecule has 0 spiro atoms. The van der Waals surface area contributed by atoms with Crippen LogP contribution in [-0.4, -0.2) is 12.7 Å². The standard InChI is InChI=1S/C8H18FN/c1-3-7(4-2)8(9)5-6-10/h7-8H,3-6,10H2,1-2H3. The van der Waals surface area contributed by atoms with Crippen LogP contribution in [0.4, 0.5) is 4.39 Å². The van der Waals surface area contributed by atoms with Gasteiger partial charge in [0.25, 0.3) is 0 Å². The maximum Gasteiger partial charge on any atom is 0.104 e. The molecule has 2 N–H and O–H groups in total. The van der Waals surface area contributed by atoms with Crippen LogP contribution in [0.5, 0.6) is 0 Å². The molecule has 1 nitrogen and oxygen atoms in total. The van der Waals surface area contributed by atoms with Gasteiger partial charge in [-0.05, 0) is 18.9 Å². The second-order valence-corrected chi connectivity index (χ2v) is 2.67. The molecular formula is C8H18FN. The Morgan fingerprint density at radius 2 is 1.80 bits per heavy atom. The Kier molecular flexibility index (Phi) is 5.60. The highest BCUT2D eigenvalue weighted by Gasteiger charge is 2.15. The lowest BCUT2D eigenvalue weighted by atomic mass is 9.96. The Labute approximate surface area is 62.8 Å². The SMILES string of the molecule is CCC(CC)C(F)CCN. The molecule has 0 bridgehead atoms. The minimum absolute atomic E-state index is 0.226. The fourth-order valence-corrected chi connectivity index (χ4v) is 1.20. The van der Waals surface area contributed by atoms with Crippen molar-refractivity contribution in [3.05, 3.63) is 0 Å². The first kappa shape index (κ1) is 9.89. The van der Waals surface area contributed by atoms with Crippen molar-refractivity contribution in [1.29, 1.82) is 0 Å². The van der Waals surface area contributed by atoms with E-state index in [1.54, 1.807) is 0 Å². The molecule has 0 fully saturated rings. The van der Waals surface area contributed by atoms with E-state index in [0.717, 1.165) is 12.8 Å². The summed E-state index contributed by atoms with van der Waals surface area (Å²) in [6.45, 7) is 4.52. The highest BCUT2D eigenvalue weighted by Crippen LogP contribution is 2.18. The van der Waals surface area contributed by atoms with Crippen LogP contribution in [0.15, 0.2) is 0 Å². The molecule has 0 aromatic carbocycles. The molecule has 0 aliphatic carbocycles. The maximum absolute atomic E-state index is 13.0. The molecule has 1 atom stereocenters. The molecule has 62 valence electrons. The van der Waals surface area contributed by atoms with E-state index in [0.29, 0.717) is 13.0 Å². The summed E-state index contributed by atoms with van der Waals surface area (Å²) in [6.07, 6.45) is 1.70. The predicted molar refractivity (Wildman–Crippen MR) is 42.6 cm³/mol. The maximum atomic E-state index is 13.0. The van der Waals surface area contributed by atoms with Crippen LogP contribution in [-0.2, 0) is 0 Å². The Bertz CT molecular complexity index is 71.7. The van der Waals surface area contributed by atoms with Crippen molar-refractivity contribution >= 4 is 0 Å². The number of hydrogen-bond acceptors (Lipinski definition) is 1. The van der Waals surface area contributed by atoms with Gasteiger partial charge in [-0.1, -0.05) is 26.7 Å². The van der Waals surface area contributed by atoms with Crippen molar-refractivity contribution in [3.63, 3.8) is 0 Å². The fourth-order valence-electron chi connectivity index (χ4n) is 1.20. The minimum atomic E-state index is -0.681. The van der Waals surface area contributed by atoms with E-state index in [1.807, 2.05) is 13.8 Å². The molecule has 0 heterocycles. The normalized spacial score (nSPS) is 14.1. The van der Waals surface area contributed by atoms with Gasteiger partial charge in [-0.2, -0.15) is 0 Å². The zero-order valence-electron chi connectivity index (χ0n) is 6.94. The van der Waals surface area contributed by atoms with Gasteiger partial charge in [0.1, 0.15) is 6.17 Å². The van der Waals surface area contributed by atoms with Crippen LogP contribution in [0.25, 0.3) is 0 Å². The van der Waals surface area contributed by atoms with Crippen LogP contribution in [0.3, 0.4) is 0 Å². The van der Waals surface area contributed by atoms with E-state index >= 15 is 0 Å². The Hall–Kier alpha value is -0.110. The van der Waals surface area contributed by atoms with E-state index < -0.39 is 6.17 Å². The topological polar surface area (TPSA) is 26.0 Å². The zero-order chi connectivity index (χ0) is 7.98. The van der Waals surface area contributed by atoms with Crippen LogP contribution in [0.1, 0.15) is 33.1 Å². The summed E-state index contributed by atoms with van der Waals surface area (Å²) in [5.74, 6) is 0.226. The van der Waals surface area contributed by atoms with Gasteiger partial charge in [-0.25, -0.2) is 4.39 Å².